The smallest absolute Gasteiger partial charge is 0.372 e. The van der Waals surface area contributed by atoms with E-state index in [9.17, 15) is 13.2 Å². The predicted octanol–water partition coefficient (Wildman–Crippen LogP) is 3.57. The van der Waals surface area contributed by atoms with Crippen LogP contribution in [0.2, 0.25) is 10.0 Å². The molecule has 1 aromatic carbocycles. The van der Waals surface area contributed by atoms with Gasteiger partial charge in [0, 0.05) is 10.6 Å². The van der Waals surface area contributed by atoms with Gasteiger partial charge in [-0.1, -0.05) is 23.2 Å². The monoisotopic (exact) mass is 348 g/mol. The van der Waals surface area contributed by atoms with Crippen LogP contribution in [0.5, 0.6) is 0 Å². The molecule has 2 aromatic rings. The lowest BCUT2D eigenvalue weighted by atomic mass is 10.3. The highest BCUT2D eigenvalue weighted by Crippen LogP contribution is 2.28. The third-order valence-corrected chi connectivity index (χ3v) is 5.07. The van der Waals surface area contributed by atoms with Crippen LogP contribution in [-0.4, -0.2) is 19.5 Å². The number of hydrogen-bond donors (Lipinski definition) is 1. The molecule has 0 fully saturated rings. The van der Waals surface area contributed by atoms with Crippen LogP contribution < -0.4 is 0 Å². The van der Waals surface area contributed by atoms with Crippen LogP contribution in [-0.2, 0) is 15.6 Å². The third kappa shape index (κ3) is 3.40. The van der Waals surface area contributed by atoms with Gasteiger partial charge in [0.05, 0.1) is 9.92 Å². The fourth-order valence-corrected chi connectivity index (χ4v) is 3.86. The number of aryl methyl sites for hydroxylation is 1. The highest BCUT2D eigenvalue weighted by molar-refractivity contribution is 7.90. The molecule has 0 atom stereocenters. The standard InChI is InChI=1S/C13H10Cl2O5S/c1-7-4-9(20-12(7)13(16)17)6-21(18,19)11-5-8(14)2-3-10(11)15/h2-5H,6H2,1H3,(H,16,17). The molecular weight excluding hydrogens is 339 g/mol. The molecule has 0 amide bonds. The molecule has 0 radical (unpaired) electrons. The Hall–Kier alpha value is -1.50. The van der Waals surface area contributed by atoms with Crippen molar-refractivity contribution in [3.63, 3.8) is 0 Å². The number of rotatable bonds is 4. The van der Waals surface area contributed by atoms with E-state index in [4.69, 9.17) is 32.7 Å². The van der Waals surface area contributed by atoms with Gasteiger partial charge in [-0.05, 0) is 31.2 Å². The summed E-state index contributed by atoms with van der Waals surface area (Å²) in [7, 11) is -3.80. The lowest BCUT2D eigenvalue weighted by molar-refractivity contribution is 0.0659. The maximum absolute atomic E-state index is 12.3. The second-order valence-corrected chi connectivity index (χ2v) is 7.17. The number of carboxylic acid groups (broad SMARTS) is 1. The molecule has 0 aliphatic carbocycles. The molecule has 1 N–H and O–H groups in total. The third-order valence-electron chi connectivity index (χ3n) is 2.72. The van der Waals surface area contributed by atoms with E-state index in [0.29, 0.717) is 5.56 Å². The fraction of sp³-hybridized carbons (Fsp3) is 0.154. The molecule has 1 aromatic heterocycles. The van der Waals surface area contributed by atoms with E-state index in [1.165, 1.54) is 31.2 Å². The van der Waals surface area contributed by atoms with Crippen molar-refractivity contribution in [1.82, 2.24) is 0 Å². The highest BCUT2D eigenvalue weighted by atomic mass is 35.5. The summed E-state index contributed by atoms with van der Waals surface area (Å²) in [5, 5.41) is 9.17. The quantitative estimate of drug-likeness (QED) is 0.912. The average molecular weight is 349 g/mol. The molecule has 112 valence electrons. The number of carbonyl (C=O) groups is 1. The SMILES string of the molecule is Cc1cc(CS(=O)(=O)c2cc(Cl)ccc2Cl)oc1C(=O)O. The van der Waals surface area contributed by atoms with Gasteiger partial charge in [-0.15, -0.1) is 0 Å². The molecule has 0 unspecified atom stereocenters. The minimum Gasteiger partial charge on any atom is -0.475 e. The molecule has 0 bridgehead atoms. The number of halogens is 2. The number of aromatic carboxylic acids is 1. The van der Waals surface area contributed by atoms with Gasteiger partial charge in [-0.3, -0.25) is 0 Å². The second kappa shape index (κ2) is 5.71. The number of hydrogen-bond acceptors (Lipinski definition) is 4. The maximum Gasteiger partial charge on any atom is 0.372 e. The summed E-state index contributed by atoms with van der Waals surface area (Å²) in [6.45, 7) is 1.52. The summed E-state index contributed by atoms with van der Waals surface area (Å²) in [4.78, 5) is 10.8. The number of sulfone groups is 1. The van der Waals surface area contributed by atoms with Crippen molar-refractivity contribution in [2.45, 2.75) is 17.6 Å². The van der Waals surface area contributed by atoms with Crippen molar-refractivity contribution in [1.29, 1.82) is 0 Å². The van der Waals surface area contributed by atoms with Crippen molar-refractivity contribution in [3.8, 4) is 0 Å². The van der Waals surface area contributed by atoms with E-state index in [1.807, 2.05) is 0 Å². The van der Waals surface area contributed by atoms with Gasteiger partial charge < -0.3 is 9.52 Å². The lowest BCUT2D eigenvalue weighted by Gasteiger charge is -2.05. The predicted molar refractivity (Wildman–Crippen MR) is 77.8 cm³/mol. The van der Waals surface area contributed by atoms with Crippen LogP contribution in [0.1, 0.15) is 21.9 Å². The Morgan fingerprint density at radius 2 is 1.95 bits per heavy atom. The Bertz CT molecular complexity index is 808. The van der Waals surface area contributed by atoms with Gasteiger partial charge in [0.2, 0.25) is 5.76 Å². The zero-order chi connectivity index (χ0) is 15.8. The maximum atomic E-state index is 12.3. The minimum absolute atomic E-state index is 0.0287. The minimum atomic E-state index is -3.80. The first-order valence-corrected chi connectivity index (χ1v) is 8.12. The van der Waals surface area contributed by atoms with Crippen LogP contribution >= 0.6 is 23.2 Å². The highest BCUT2D eigenvalue weighted by Gasteiger charge is 2.23. The van der Waals surface area contributed by atoms with Gasteiger partial charge in [-0.25, -0.2) is 13.2 Å². The van der Waals surface area contributed by atoms with E-state index < -0.39 is 21.6 Å². The molecule has 0 aliphatic heterocycles. The molecule has 0 aliphatic rings. The van der Waals surface area contributed by atoms with Crippen molar-refractivity contribution in [2.24, 2.45) is 0 Å². The van der Waals surface area contributed by atoms with E-state index in [0.717, 1.165) is 0 Å². The second-order valence-electron chi connectivity index (χ2n) is 4.36. The van der Waals surface area contributed by atoms with Crippen molar-refractivity contribution >= 4 is 39.0 Å². The van der Waals surface area contributed by atoms with E-state index in [-0.39, 0.29) is 26.5 Å². The van der Waals surface area contributed by atoms with Gasteiger partial charge in [0.25, 0.3) is 0 Å². The van der Waals surface area contributed by atoms with Gasteiger partial charge in [-0.2, -0.15) is 0 Å². The Labute approximate surface area is 131 Å². The van der Waals surface area contributed by atoms with Crippen LogP contribution in [0.3, 0.4) is 0 Å². The normalized spacial score (nSPS) is 11.6. The topological polar surface area (TPSA) is 84.6 Å². The number of furan rings is 1. The Morgan fingerprint density at radius 1 is 1.29 bits per heavy atom. The summed E-state index contributed by atoms with van der Waals surface area (Å²) in [5.74, 6) is -2.00. The first-order valence-electron chi connectivity index (χ1n) is 5.71. The fourth-order valence-electron chi connectivity index (χ4n) is 1.81. The van der Waals surface area contributed by atoms with Crippen molar-refractivity contribution in [2.75, 3.05) is 0 Å². The molecule has 5 nitrogen and oxygen atoms in total. The summed E-state index contributed by atoms with van der Waals surface area (Å²) < 4.78 is 29.7. The van der Waals surface area contributed by atoms with Gasteiger partial charge in [0.15, 0.2) is 9.84 Å². The summed E-state index contributed by atoms with van der Waals surface area (Å²) in [5.41, 5.74) is 0.352. The summed E-state index contributed by atoms with van der Waals surface area (Å²) >= 11 is 11.6. The Morgan fingerprint density at radius 3 is 2.52 bits per heavy atom. The Kier molecular flexibility index (Phi) is 4.32. The number of carboxylic acids is 1. The molecule has 0 saturated carbocycles. The first-order chi connectivity index (χ1) is 9.70. The average Bonchev–Trinajstić information content (AvgIpc) is 2.72. The Balaban J connectivity index is 2.40. The van der Waals surface area contributed by atoms with E-state index >= 15 is 0 Å². The molecule has 0 saturated heterocycles. The van der Waals surface area contributed by atoms with Crippen molar-refractivity contribution < 1.29 is 22.7 Å². The van der Waals surface area contributed by atoms with Crippen LogP contribution in [0.25, 0.3) is 0 Å². The zero-order valence-corrected chi connectivity index (χ0v) is 13.1. The largest absolute Gasteiger partial charge is 0.475 e. The summed E-state index contributed by atoms with van der Waals surface area (Å²) in [6.07, 6.45) is 0. The van der Waals surface area contributed by atoms with Crippen molar-refractivity contribution in [3.05, 3.63) is 51.4 Å². The van der Waals surface area contributed by atoms with Crippen LogP contribution in [0.4, 0.5) is 0 Å². The lowest BCUT2D eigenvalue weighted by Crippen LogP contribution is -2.05. The first kappa shape index (κ1) is 15.9. The molecule has 0 spiro atoms. The van der Waals surface area contributed by atoms with Gasteiger partial charge >= 0.3 is 5.97 Å². The van der Waals surface area contributed by atoms with E-state index in [2.05, 4.69) is 0 Å². The molecule has 2 rings (SSSR count). The van der Waals surface area contributed by atoms with Crippen LogP contribution in [0.15, 0.2) is 33.6 Å². The molecule has 8 heteroatoms. The van der Waals surface area contributed by atoms with Gasteiger partial charge in [0.1, 0.15) is 11.5 Å². The molecule has 21 heavy (non-hydrogen) atoms. The number of benzene rings is 1. The van der Waals surface area contributed by atoms with E-state index in [1.54, 1.807) is 0 Å². The molecular formula is C13H10Cl2O5S. The van der Waals surface area contributed by atoms with Crippen LogP contribution in [0, 0.1) is 6.92 Å². The molecule has 1 heterocycles. The summed E-state index contributed by atoms with van der Waals surface area (Å²) in [6, 6.07) is 5.47. The zero-order valence-electron chi connectivity index (χ0n) is 10.8.